The minimum Gasteiger partial charge on any atom is -0.495 e. The molecule has 2 rings (SSSR count). The number of esters is 1. The summed E-state index contributed by atoms with van der Waals surface area (Å²) in [6.45, 7) is 1.53. The van der Waals surface area contributed by atoms with Gasteiger partial charge >= 0.3 is 5.97 Å². The topological polar surface area (TPSA) is 64.6 Å². The van der Waals surface area contributed by atoms with Crippen molar-refractivity contribution in [2.45, 2.75) is 25.9 Å². The molecule has 0 spiro atoms. The molecule has 1 atom stereocenters. The van der Waals surface area contributed by atoms with Gasteiger partial charge in [0.05, 0.1) is 18.7 Å². The number of nitrogens with one attached hydrogen (secondary N) is 1. The number of anilines is 1. The van der Waals surface area contributed by atoms with Crippen molar-refractivity contribution in [2.24, 2.45) is 5.92 Å². The Morgan fingerprint density at radius 3 is 2.70 bits per heavy atom. The van der Waals surface area contributed by atoms with Gasteiger partial charge < -0.3 is 14.8 Å². The van der Waals surface area contributed by atoms with E-state index < -0.39 is 12.0 Å². The molecule has 1 aliphatic rings. The van der Waals surface area contributed by atoms with Gasteiger partial charge in [0.15, 0.2) is 6.10 Å². The van der Waals surface area contributed by atoms with Gasteiger partial charge in [-0.2, -0.15) is 0 Å². The minimum absolute atomic E-state index is 0.0362. The summed E-state index contributed by atoms with van der Waals surface area (Å²) in [5.41, 5.74) is 0.444. The van der Waals surface area contributed by atoms with E-state index in [-0.39, 0.29) is 11.9 Å². The molecule has 108 valence electrons. The third-order valence-electron chi connectivity index (χ3n) is 2.99. The highest BCUT2D eigenvalue weighted by molar-refractivity contribution is 6.31. The maximum absolute atomic E-state index is 12.0. The van der Waals surface area contributed by atoms with Crippen molar-refractivity contribution < 1.29 is 19.1 Å². The zero-order valence-electron chi connectivity index (χ0n) is 11.3. The van der Waals surface area contributed by atoms with Crippen LogP contribution in [0.3, 0.4) is 0 Å². The van der Waals surface area contributed by atoms with E-state index in [9.17, 15) is 9.59 Å². The molecule has 1 N–H and O–H groups in total. The van der Waals surface area contributed by atoms with Gasteiger partial charge in [0.25, 0.3) is 5.91 Å². The van der Waals surface area contributed by atoms with Crippen molar-refractivity contribution >= 4 is 29.2 Å². The molecule has 5 nitrogen and oxygen atoms in total. The second kappa shape index (κ2) is 6.13. The Morgan fingerprint density at radius 2 is 2.10 bits per heavy atom. The van der Waals surface area contributed by atoms with Crippen LogP contribution in [-0.4, -0.2) is 25.1 Å². The Morgan fingerprint density at radius 1 is 1.40 bits per heavy atom. The van der Waals surface area contributed by atoms with E-state index in [1.165, 1.54) is 14.0 Å². The number of ether oxygens (including phenoxy) is 2. The smallest absolute Gasteiger partial charge is 0.309 e. The largest absolute Gasteiger partial charge is 0.495 e. The molecule has 0 aliphatic heterocycles. The van der Waals surface area contributed by atoms with E-state index in [1.54, 1.807) is 18.2 Å². The zero-order valence-corrected chi connectivity index (χ0v) is 12.1. The maximum Gasteiger partial charge on any atom is 0.309 e. The molecule has 0 aromatic heterocycles. The van der Waals surface area contributed by atoms with Crippen molar-refractivity contribution in [1.82, 2.24) is 0 Å². The number of halogens is 1. The Labute approximate surface area is 122 Å². The fourth-order valence-electron chi connectivity index (χ4n) is 1.66. The van der Waals surface area contributed by atoms with Gasteiger partial charge in [-0.05, 0) is 38.0 Å². The van der Waals surface area contributed by atoms with Gasteiger partial charge in [-0.25, -0.2) is 0 Å². The van der Waals surface area contributed by atoms with Gasteiger partial charge in [0.1, 0.15) is 5.75 Å². The molecule has 0 bridgehead atoms. The van der Waals surface area contributed by atoms with Gasteiger partial charge in [-0.15, -0.1) is 0 Å². The number of benzene rings is 1. The number of rotatable bonds is 5. The Balaban J connectivity index is 1.99. The molecule has 1 aromatic carbocycles. The SMILES string of the molecule is COc1ccc(Cl)cc1NC(=O)[C@@H](C)OC(=O)C1CC1. The first kappa shape index (κ1) is 14.7. The molecule has 6 heteroatoms. The van der Waals surface area contributed by atoms with E-state index in [4.69, 9.17) is 21.1 Å². The predicted molar refractivity (Wildman–Crippen MR) is 74.9 cm³/mol. The number of carbonyl (C=O) groups excluding carboxylic acids is 2. The van der Waals surface area contributed by atoms with Crippen LogP contribution in [0, 0.1) is 5.92 Å². The lowest BCUT2D eigenvalue weighted by Crippen LogP contribution is -2.30. The van der Waals surface area contributed by atoms with E-state index in [1.807, 2.05) is 0 Å². The molecule has 1 aliphatic carbocycles. The molecule has 1 fully saturated rings. The fourth-order valence-corrected chi connectivity index (χ4v) is 1.83. The van der Waals surface area contributed by atoms with Crippen molar-refractivity contribution in [3.05, 3.63) is 23.2 Å². The maximum atomic E-state index is 12.0. The van der Waals surface area contributed by atoms with E-state index in [0.29, 0.717) is 16.5 Å². The van der Waals surface area contributed by atoms with Crippen molar-refractivity contribution in [1.29, 1.82) is 0 Å². The zero-order chi connectivity index (χ0) is 14.7. The van der Waals surface area contributed by atoms with Crippen LogP contribution >= 0.6 is 11.6 Å². The summed E-state index contributed by atoms with van der Waals surface area (Å²) in [5, 5.41) is 3.12. The first-order valence-corrected chi connectivity index (χ1v) is 6.74. The number of methoxy groups -OCH3 is 1. The minimum atomic E-state index is -0.855. The summed E-state index contributed by atoms with van der Waals surface area (Å²) in [6, 6.07) is 4.89. The molecule has 1 aromatic rings. The molecule has 0 radical (unpaired) electrons. The van der Waals surface area contributed by atoms with Crippen LogP contribution in [0.5, 0.6) is 5.75 Å². The number of carbonyl (C=O) groups is 2. The summed E-state index contributed by atoms with van der Waals surface area (Å²) in [5.74, 6) is -0.278. The van der Waals surface area contributed by atoms with Crippen LogP contribution in [0.25, 0.3) is 0 Å². The Kier molecular flexibility index (Phi) is 4.49. The molecule has 0 saturated heterocycles. The Bertz CT molecular complexity index is 528. The van der Waals surface area contributed by atoms with Crippen molar-refractivity contribution in [2.75, 3.05) is 12.4 Å². The van der Waals surface area contributed by atoms with Crippen LogP contribution in [0.2, 0.25) is 5.02 Å². The van der Waals surface area contributed by atoms with Gasteiger partial charge in [0, 0.05) is 5.02 Å². The lowest BCUT2D eigenvalue weighted by molar-refractivity contribution is -0.154. The van der Waals surface area contributed by atoms with Crippen LogP contribution in [-0.2, 0) is 14.3 Å². The number of hydrogen-bond acceptors (Lipinski definition) is 4. The highest BCUT2D eigenvalue weighted by Gasteiger charge is 2.33. The normalized spacial score (nSPS) is 15.3. The van der Waals surface area contributed by atoms with Crippen LogP contribution in [0.1, 0.15) is 19.8 Å². The third kappa shape index (κ3) is 3.63. The molecule has 0 unspecified atom stereocenters. The summed E-state index contributed by atoms with van der Waals surface area (Å²) in [4.78, 5) is 23.5. The van der Waals surface area contributed by atoms with E-state index >= 15 is 0 Å². The predicted octanol–water partition coefficient (Wildman–Crippen LogP) is 2.63. The summed E-state index contributed by atoms with van der Waals surface area (Å²) in [6.07, 6.45) is 0.830. The summed E-state index contributed by atoms with van der Waals surface area (Å²) >= 11 is 5.88. The average molecular weight is 298 g/mol. The number of hydrogen-bond donors (Lipinski definition) is 1. The highest BCUT2D eigenvalue weighted by atomic mass is 35.5. The van der Waals surface area contributed by atoms with Crippen molar-refractivity contribution in [3.8, 4) is 5.75 Å². The quantitative estimate of drug-likeness (QED) is 0.849. The highest BCUT2D eigenvalue weighted by Crippen LogP contribution is 2.31. The molecule has 1 amide bonds. The molecular weight excluding hydrogens is 282 g/mol. The molecular formula is C14H16ClNO4. The van der Waals surface area contributed by atoms with Gasteiger partial charge in [0.2, 0.25) is 0 Å². The molecule has 20 heavy (non-hydrogen) atoms. The first-order valence-electron chi connectivity index (χ1n) is 6.36. The lowest BCUT2D eigenvalue weighted by Gasteiger charge is -2.15. The van der Waals surface area contributed by atoms with Crippen LogP contribution in [0.15, 0.2) is 18.2 Å². The molecule has 1 saturated carbocycles. The second-order valence-electron chi connectivity index (χ2n) is 4.69. The molecule has 0 heterocycles. The van der Waals surface area contributed by atoms with Crippen LogP contribution in [0.4, 0.5) is 5.69 Å². The van der Waals surface area contributed by atoms with Crippen molar-refractivity contribution in [3.63, 3.8) is 0 Å². The van der Waals surface area contributed by atoms with E-state index in [0.717, 1.165) is 12.8 Å². The Hall–Kier alpha value is -1.75. The standard InChI is InChI=1S/C14H16ClNO4/c1-8(20-14(18)9-3-4-9)13(17)16-11-7-10(15)5-6-12(11)19-2/h5-9H,3-4H2,1-2H3,(H,16,17)/t8-/m1/s1. The average Bonchev–Trinajstić information content (AvgIpc) is 3.23. The first-order chi connectivity index (χ1) is 9.51. The fraction of sp³-hybridized carbons (Fsp3) is 0.429. The lowest BCUT2D eigenvalue weighted by atomic mass is 10.2. The summed E-state index contributed by atoms with van der Waals surface area (Å²) in [7, 11) is 1.50. The summed E-state index contributed by atoms with van der Waals surface area (Å²) < 4.78 is 10.2. The monoisotopic (exact) mass is 297 g/mol. The van der Waals surface area contributed by atoms with Crippen LogP contribution < -0.4 is 10.1 Å². The van der Waals surface area contributed by atoms with Gasteiger partial charge in [-0.1, -0.05) is 11.6 Å². The number of amides is 1. The van der Waals surface area contributed by atoms with E-state index in [2.05, 4.69) is 5.32 Å². The van der Waals surface area contributed by atoms with Gasteiger partial charge in [-0.3, -0.25) is 9.59 Å². The third-order valence-corrected chi connectivity index (χ3v) is 3.23. The second-order valence-corrected chi connectivity index (χ2v) is 5.12.